The van der Waals surface area contributed by atoms with E-state index in [0.29, 0.717) is 0 Å². The van der Waals surface area contributed by atoms with Crippen molar-refractivity contribution in [3.05, 3.63) is 0 Å². The van der Waals surface area contributed by atoms with Gasteiger partial charge in [-0.05, 0) is 6.92 Å². The predicted octanol–water partition coefficient (Wildman–Crippen LogP) is -0.815. The molecule has 2 N–H and O–H groups in total. The van der Waals surface area contributed by atoms with Crippen molar-refractivity contribution >= 4 is 18.6 Å². The van der Waals surface area contributed by atoms with Crippen LogP contribution in [0.4, 0.5) is 0 Å². The predicted molar refractivity (Wildman–Crippen MR) is 44.6 cm³/mol. The molecule has 0 aromatic heterocycles. The van der Waals surface area contributed by atoms with Gasteiger partial charge >= 0.3 is 5.97 Å². The molecular formula is C7H14NO2S+. The molecular weight excluding hydrogens is 162 g/mol. The average Bonchev–Trinajstić information content (AvgIpc) is 2.36. The number of carbonyl (C=O) groups is 1. The number of carbonyl (C=O) groups excluding carboxylic acids is 1. The lowest BCUT2D eigenvalue weighted by Crippen LogP contribution is -2.82. The molecule has 0 aromatic carbocycles. The second-order valence-electron chi connectivity index (χ2n) is 3.11. The monoisotopic (exact) mass is 176 g/mol. The summed E-state index contributed by atoms with van der Waals surface area (Å²) in [5, 5.41) is 2.16. The summed E-state index contributed by atoms with van der Waals surface area (Å²) >= 11 is 3.84. The van der Waals surface area contributed by atoms with Gasteiger partial charge in [-0.3, -0.25) is 4.79 Å². The Kier molecular flexibility index (Phi) is 2.78. The van der Waals surface area contributed by atoms with Crippen LogP contribution >= 0.6 is 12.6 Å². The summed E-state index contributed by atoms with van der Waals surface area (Å²) < 4.78 is 5.20. The Bertz CT molecular complexity index is 155. The lowest BCUT2D eigenvalue weighted by molar-refractivity contribution is -0.640. The second-order valence-corrected chi connectivity index (χ2v) is 3.43. The van der Waals surface area contributed by atoms with Crippen molar-refractivity contribution in [3.8, 4) is 0 Å². The molecule has 0 radical (unpaired) electrons. The number of nitrogens with two attached hydrogens (primary N) is 1. The maximum Gasteiger partial charge on any atom is 0.316 e. The van der Waals surface area contributed by atoms with Gasteiger partial charge in [0, 0.05) is 6.42 Å². The zero-order chi connectivity index (χ0) is 8.32. The highest BCUT2D eigenvalue weighted by Gasteiger charge is 2.35. The molecule has 1 aliphatic heterocycles. The normalized spacial score (nSPS) is 30.4. The number of ether oxygens (including phenoxy) is 1. The lowest BCUT2D eigenvalue weighted by Gasteiger charge is -2.19. The summed E-state index contributed by atoms with van der Waals surface area (Å²) in [5.74, 6) is -0.0404. The molecule has 0 aromatic rings. The van der Waals surface area contributed by atoms with Gasteiger partial charge in [-0.15, -0.1) is 0 Å². The van der Waals surface area contributed by atoms with Gasteiger partial charge in [0.2, 0.25) is 0 Å². The minimum absolute atomic E-state index is 0.176. The van der Waals surface area contributed by atoms with E-state index in [2.05, 4.69) is 17.9 Å². The second kappa shape index (κ2) is 3.45. The SMILES string of the molecule is CC1(OC(=O)CS)CC[NH2+]C1. The van der Waals surface area contributed by atoms with Gasteiger partial charge in [-0.1, -0.05) is 0 Å². The van der Waals surface area contributed by atoms with Gasteiger partial charge in [0.1, 0.15) is 6.54 Å². The Morgan fingerprint density at radius 1 is 1.82 bits per heavy atom. The molecule has 0 saturated carbocycles. The first-order chi connectivity index (χ1) is 5.16. The number of thiol groups is 1. The van der Waals surface area contributed by atoms with Gasteiger partial charge < -0.3 is 10.1 Å². The Morgan fingerprint density at radius 2 is 2.55 bits per heavy atom. The Balaban J connectivity index is 2.39. The lowest BCUT2D eigenvalue weighted by atomic mass is 10.1. The molecule has 1 aliphatic rings. The minimum Gasteiger partial charge on any atom is -0.452 e. The molecule has 4 heteroatoms. The molecule has 3 nitrogen and oxygen atoms in total. The zero-order valence-corrected chi connectivity index (χ0v) is 7.56. The summed E-state index contributed by atoms with van der Waals surface area (Å²) in [6.45, 7) is 3.90. The van der Waals surface area contributed by atoms with Gasteiger partial charge in [-0.2, -0.15) is 12.6 Å². The van der Waals surface area contributed by atoms with Crippen LogP contribution in [0, 0.1) is 0 Å². The molecule has 1 fully saturated rings. The van der Waals surface area contributed by atoms with E-state index in [1.165, 1.54) is 0 Å². The zero-order valence-electron chi connectivity index (χ0n) is 6.67. The maximum atomic E-state index is 10.9. The van der Waals surface area contributed by atoms with E-state index in [4.69, 9.17) is 4.74 Å². The fourth-order valence-corrected chi connectivity index (χ4v) is 1.38. The first-order valence-electron chi connectivity index (χ1n) is 3.81. The van der Waals surface area contributed by atoms with Gasteiger partial charge in [-0.25, -0.2) is 0 Å². The van der Waals surface area contributed by atoms with Gasteiger partial charge in [0.15, 0.2) is 5.60 Å². The van der Waals surface area contributed by atoms with E-state index in [0.717, 1.165) is 19.5 Å². The fourth-order valence-electron chi connectivity index (χ4n) is 1.32. The molecule has 0 aliphatic carbocycles. The molecule has 1 atom stereocenters. The minimum atomic E-state index is -0.236. The molecule has 1 saturated heterocycles. The Hall–Kier alpha value is -0.220. The van der Waals surface area contributed by atoms with Crippen LogP contribution in [0.1, 0.15) is 13.3 Å². The van der Waals surface area contributed by atoms with Crippen molar-refractivity contribution in [2.75, 3.05) is 18.8 Å². The molecule has 1 rings (SSSR count). The fraction of sp³-hybridized carbons (Fsp3) is 0.857. The molecule has 11 heavy (non-hydrogen) atoms. The highest BCUT2D eigenvalue weighted by atomic mass is 32.1. The van der Waals surface area contributed by atoms with Crippen LogP contribution in [0.5, 0.6) is 0 Å². The third-order valence-electron chi connectivity index (χ3n) is 1.94. The van der Waals surface area contributed by atoms with Crippen LogP contribution in [0.25, 0.3) is 0 Å². The van der Waals surface area contributed by atoms with E-state index in [1.807, 2.05) is 6.92 Å². The smallest absolute Gasteiger partial charge is 0.316 e. The van der Waals surface area contributed by atoms with Gasteiger partial charge in [0.25, 0.3) is 0 Å². The number of esters is 1. The van der Waals surface area contributed by atoms with Crippen molar-refractivity contribution in [1.29, 1.82) is 0 Å². The number of hydrogen-bond acceptors (Lipinski definition) is 3. The first kappa shape index (κ1) is 8.87. The van der Waals surface area contributed by atoms with Crippen LogP contribution in [0.3, 0.4) is 0 Å². The highest BCUT2D eigenvalue weighted by Crippen LogP contribution is 2.15. The van der Waals surface area contributed by atoms with Crippen LogP contribution in [-0.4, -0.2) is 30.4 Å². The third-order valence-corrected chi connectivity index (χ3v) is 2.20. The molecule has 0 amide bonds. The molecule has 0 spiro atoms. The van der Waals surface area contributed by atoms with E-state index in [-0.39, 0.29) is 17.3 Å². The topological polar surface area (TPSA) is 42.9 Å². The van der Waals surface area contributed by atoms with E-state index >= 15 is 0 Å². The largest absolute Gasteiger partial charge is 0.452 e. The van der Waals surface area contributed by atoms with Crippen molar-refractivity contribution in [3.63, 3.8) is 0 Å². The summed E-state index contributed by atoms with van der Waals surface area (Å²) in [4.78, 5) is 10.9. The summed E-state index contributed by atoms with van der Waals surface area (Å²) in [7, 11) is 0. The van der Waals surface area contributed by atoms with E-state index < -0.39 is 0 Å². The third kappa shape index (κ3) is 2.38. The van der Waals surface area contributed by atoms with Crippen molar-refractivity contribution in [2.45, 2.75) is 18.9 Å². The number of hydrogen-bond donors (Lipinski definition) is 2. The summed E-state index contributed by atoms with van der Waals surface area (Å²) in [5.41, 5.74) is -0.236. The molecule has 1 unspecified atom stereocenters. The van der Waals surface area contributed by atoms with Crippen molar-refractivity contribution in [2.24, 2.45) is 0 Å². The molecule has 64 valence electrons. The first-order valence-corrected chi connectivity index (χ1v) is 4.44. The van der Waals surface area contributed by atoms with Crippen LogP contribution in [0.2, 0.25) is 0 Å². The van der Waals surface area contributed by atoms with E-state index in [1.54, 1.807) is 0 Å². The van der Waals surface area contributed by atoms with Crippen molar-refractivity contribution < 1.29 is 14.8 Å². The van der Waals surface area contributed by atoms with Crippen molar-refractivity contribution in [1.82, 2.24) is 0 Å². The number of rotatable bonds is 2. The van der Waals surface area contributed by atoms with Crippen LogP contribution in [0.15, 0.2) is 0 Å². The quantitative estimate of drug-likeness (QED) is 0.427. The molecule has 0 bridgehead atoms. The highest BCUT2D eigenvalue weighted by molar-refractivity contribution is 7.81. The average molecular weight is 176 g/mol. The van der Waals surface area contributed by atoms with Gasteiger partial charge in [0.05, 0.1) is 12.3 Å². The summed E-state index contributed by atoms with van der Waals surface area (Å²) in [6.07, 6.45) is 0.951. The maximum absolute atomic E-state index is 10.9. The van der Waals surface area contributed by atoms with Crippen LogP contribution < -0.4 is 5.32 Å². The van der Waals surface area contributed by atoms with Crippen LogP contribution in [-0.2, 0) is 9.53 Å². The summed E-state index contributed by atoms with van der Waals surface area (Å²) in [6, 6.07) is 0. The Morgan fingerprint density at radius 3 is 3.00 bits per heavy atom. The molecule has 1 heterocycles. The standard InChI is InChI=1S/C7H13NO2S/c1-7(2-3-8-5-7)10-6(9)4-11/h8,11H,2-5H2,1H3/p+1. The number of quaternary nitrogens is 1. The Labute approximate surface area is 71.9 Å². The van der Waals surface area contributed by atoms with E-state index in [9.17, 15) is 4.79 Å².